The van der Waals surface area contributed by atoms with E-state index in [-0.39, 0.29) is 16.8 Å². The average molecular weight is 250 g/mol. The number of aldehydes is 1. The van der Waals surface area contributed by atoms with Gasteiger partial charge in [0.25, 0.3) is 6.43 Å². The molecule has 0 radical (unpaired) electrons. The summed E-state index contributed by atoms with van der Waals surface area (Å²) in [5, 5.41) is 0. The maximum absolute atomic E-state index is 12.3. The topological polar surface area (TPSA) is 30.0 Å². The summed E-state index contributed by atoms with van der Waals surface area (Å²) in [7, 11) is 0. The van der Waals surface area contributed by atoms with Crippen LogP contribution in [0.2, 0.25) is 0 Å². The largest absolute Gasteiger partial charge is 0.298 e. The maximum atomic E-state index is 12.3. The first-order valence-electron chi connectivity index (χ1n) is 3.46. The van der Waals surface area contributed by atoms with E-state index in [1.807, 2.05) is 0 Å². The van der Waals surface area contributed by atoms with Crippen LogP contribution in [0.1, 0.15) is 28.0 Å². The highest BCUT2D eigenvalue weighted by Gasteiger charge is 2.16. The van der Waals surface area contributed by atoms with E-state index in [9.17, 15) is 13.6 Å². The van der Waals surface area contributed by atoms with E-state index in [0.29, 0.717) is 10.8 Å². The minimum absolute atomic E-state index is 0.222. The van der Waals surface area contributed by atoms with Gasteiger partial charge in [0.2, 0.25) is 0 Å². The molecule has 0 aliphatic rings. The maximum Gasteiger partial charge on any atom is 0.280 e. The fraction of sp³-hybridized carbons (Fsp3) is 0.250. The van der Waals surface area contributed by atoms with E-state index >= 15 is 0 Å². The third-order valence-corrected chi connectivity index (χ3v) is 2.32. The highest BCUT2D eigenvalue weighted by Crippen LogP contribution is 2.26. The van der Waals surface area contributed by atoms with Crippen LogP contribution >= 0.6 is 15.9 Å². The number of pyridine rings is 1. The molecular formula is C8H6BrF2NO. The van der Waals surface area contributed by atoms with Crippen molar-refractivity contribution in [2.24, 2.45) is 0 Å². The van der Waals surface area contributed by atoms with Crippen molar-refractivity contribution in [3.8, 4) is 0 Å². The smallest absolute Gasteiger partial charge is 0.280 e. The molecule has 0 aromatic carbocycles. The molecular weight excluding hydrogens is 244 g/mol. The fourth-order valence-corrected chi connectivity index (χ4v) is 1.47. The molecule has 0 fully saturated rings. The second-order valence-corrected chi connectivity index (χ2v) is 3.30. The normalized spacial score (nSPS) is 10.5. The zero-order valence-electron chi connectivity index (χ0n) is 6.72. The van der Waals surface area contributed by atoms with Crippen molar-refractivity contribution in [1.29, 1.82) is 0 Å². The fourth-order valence-electron chi connectivity index (χ4n) is 0.974. The van der Waals surface area contributed by atoms with Crippen molar-refractivity contribution in [2.75, 3.05) is 0 Å². The number of alkyl halides is 2. The van der Waals surface area contributed by atoms with Gasteiger partial charge in [0.05, 0.1) is 0 Å². The predicted molar refractivity (Wildman–Crippen MR) is 47.0 cm³/mol. The molecule has 0 N–H and O–H groups in total. The Labute approximate surface area is 82.1 Å². The van der Waals surface area contributed by atoms with Gasteiger partial charge in [-0.05, 0) is 28.4 Å². The van der Waals surface area contributed by atoms with E-state index in [2.05, 4.69) is 20.9 Å². The Morgan fingerprint density at radius 3 is 2.69 bits per heavy atom. The van der Waals surface area contributed by atoms with Crippen molar-refractivity contribution in [3.05, 3.63) is 27.5 Å². The third-order valence-electron chi connectivity index (χ3n) is 1.69. The molecule has 1 aromatic heterocycles. The number of hydrogen-bond acceptors (Lipinski definition) is 2. The Morgan fingerprint density at radius 1 is 1.62 bits per heavy atom. The Hall–Kier alpha value is -0.840. The summed E-state index contributed by atoms with van der Waals surface area (Å²) in [6.07, 6.45) is -0.905. The molecule has 0 amide bonds. The van der Waals surface area contributed by atoms with Crippen molar-refractivity contribution < 1.29 is 13.6 Å². The Kier molecular flexibility index (Phi) is 3.08. The molecule has 5 heteroatoms. The number of nitrogens with zero attached hydrogens (tertiary/aromatic N) is 1. The standard InChI is InChI=1S/C8H6BrF2NO/c1-4-5(3-13)6(9)2-12-7(4)8(10)11/h2-3,8H,1H3. The van der Waals surface area contributed by atoms with Crippen molar-refractivity contribution in [2.45, 2.75) is 13.3 Å². The van der Waals surface area contributed by atoms with Gasteiger partial charge in [-0.15, -0.1) is 0 Å². The molecule has 0 aliphatic carbocycles. The lowest BCUT2D eigenvalue weighted by molar-refractivity contribution is 0.112. The molecule has 1 heterocycles. The van der Waals surface area contributed by atoms with Gasteiger partial charge >= 0.3 is 0 Å². The molecule has 2 nitrogen and oxygen atoms in total. The van der Waals surface area contributed by atoms with E-state index in [4.69, 9.17) is 0 Å². The number of carbonyl (C=O) groups excluding carboxylic acids is 1. The second-order valence-electron chi connectivity index (χ2n) is 2.45. The van der Waals surface area contributed by atoms with Gasteiger partial charge in [0.15, 0.2) is 6.29 Å². The van der Waals surface area contributed by atoms with Crippen molar-refractivity contribution in [1.82, 2.24) is 4.98 Å². The van der Waals surface area contributed by atoms with E-state index < -0.39 is 6.43 Å². The van der Waals surface area contributed by atoms with Crippen LogP contribution in [0.25, 0.3) is 0 Å². The lowest BCUT2D eigenvalue weighted by Crippen LogP contribution is -1.99. The van der Waals surface area contributed by atoms with Gasteiger partial charge in [0.1, 0.15) is 5.69 Å². The predicted octanol–water partition coefficient (Wildman–Crippen LogP) is 2.90. The van der Waals surface area contributed by atoms with Crippen LogP contribution in [0, 0.1) is 6.92 Å². The second kappa shape index (κ2) is 3.91. The van der Waals surface area contributed by atoms with E-state index in [1.165, 1.54) is 13.1 Å². The van der Waals surface area contributed by atoms with Gasteiger partial charge in [-0.25, -0.2) is 8.78 Å². The van der Waals surface area contributed by atoms with Gasteiger partial charge in [-0.1, -0.05) is 0 Å². The summed E-state index contributed by atoms with van der Waals surface area (Å²) in [6, 6.07) is 0. The molecule has 0 saturated carbocycles. The van der Waals surface area contributed by atoms with Crippen LogP contribution in [-0.4, -0.2) is 11.3 Å². The summed E-state index contributed by atoms with van der Waals surface area (Å²) in [5.41, 5.74) is 0.106. The number of rotatable bonds is 2. The van der Waals surface area contributed by atoms with Gasteiger partial charge in [-0.3, -0.25) is 9.78 Å². The van der Waals surface area contributed by atoms with Crippen LogP contribution in [0.5, 0.6) is 0 Å². The molecule has 1 aromatic rings. The first-order chi connectivity index (χ1) is 6.07. The number of hydrogen-bond donors (Lipinski definition) is 0. The summed E-state index contributed by atoms with van der Waals surface area (Å²) in [6.45, 7) is 1.45. The summed E-state index contributed by atoms with van der Waals surface area (Å²) >= 11 is 3.05. The molecule has 13 heavy (non-hydrogen) atoms. The summed E-state index contributed by atoms with van der Waals surface area (Å²) in [5.74, 6) is 0. The van der Waals surface area contributed by atoms with Crippen LogP contribution < -0.4 is 0 Å². The Bertz CT molecular complexity index is 341. The molecule has 70 valence electrons. The summed E-state index contributed by atoms with van der Waals surface area (Å²) < 4.78 is 25.0. The lowest BCUT2D eigenvalue weighted by atomic mass is 10.1. The molecule has 0 bridgehead atoms. The quantitative estimate of drug-likeness (QED) is 0.755. The highest BCUT2D eigenvalue weighted by atomic mass is 79.9. The molecule has 0 unspecified atom stereocenters. The molecule has 0 spiro atoms. The highest BCUT2D eigenvalue weighted by molar-refractivity contribution is 9.10. The number of carbonyl (C=O) groups is 1. The summed E-state index contributed by atoms with van der Waals surface area (Å²) in [4.78, 5) is 14.1. The lowest BCUT2D eigenvalue weighted by Gasteiger charge is -2.06. The molecule has 1 rings (SSSR count). The van der Waals surface area contributed by atoms with Gasteiger partial charge < -0.3 is 0 Å². The van der Waals surface area contributed by atoms with Crippen LogP contribution in [0.3, 0.4) is 0 Å². The molecule has 0 saturated heterocycles. The minimum Gasteiger partial charge on any atom is -0.298 e. The zero-order chi connectivity index (χ0) is 10.0. The van der Waals surface area contributed by atoms with Crippen LogP contribution in [0.4, 0.5) is 8.78 Å². The van der Waals surface area contributed by atoms with Crippen molar-refractivity contribution >= 4 is 22.2 Å². The Morgan fingerprint density at radius 2 is 2.23 bits per heavy atom. The van der Waals surface area contributed by atoms with Crippen LogP contribution in [0.15, 0.2) is 10.7 Å². The monoisotopic (exact) mass is 249 g/mol. The van der Waals surface area contributed by atoms with E-state index in [1.54, 1.807) is 0 Å². The van der Waals surface area contributed by atoms with Crippen molar-refractivity contribution in [3.63, 3.8) is 0 Å². The number of halogens is 3. The minimum atomic E-state index is -2.65. The van der Waals surface area contributed by atoms with E-state index in [0.717, 1.165) is 0 Å². The molecule has 0 atom stereocenters. The Balaban J connectivity index is 3.35. The number of aromatic nitrogens is 1. The first kappa shape index (κ1) is 10.2. The van der Waals surface area contributed by atoms with Gasteiger partial charge in [-0.2, -0.15) is 0 Å². The third kappa shape index (κ3) is 1.91. The molecule has 0 aliphatic heterocycles. The SMILES string of the molecule is Cc1c(C(F)F)ncc(Br)c1C=O. The zero-order valence-corrected chi connectivity index (χ0v) is 8.31. The van der Waals surface area contributed by atoms with Gasteiger partial charge in [0, 0.05) is 16.2 Å². The first-order valence-corrected chi connectivity index (χ1v) is 4.25. The van der Waals surface area contributed by atoms with Crippen LogP contribution in [-0.2, 0) is 0 Å². The average Bonchev–Trinajstić information content (AvgIpc) is 2.04.